The van der Waals surface area contributed by atoms with E-state index >= 15 is 0 Å². The maximum Gasteiger partial charge on any atom is 0.348 e. The fourth-order valence-electron chi connectivity index (χ4n) is 1.46. The molecule has 0 atom stereocenters. The van der Waals surface area contributed by atoms with E-state index in [1.165, 1.54) is 0 Å². The molecule has 1 heterocycles. The van der Waals surface area contributed by atoms with Gasteiger partial charge in [-0.15, -0.1) is 0 Å². The summed E-state index contributed by atoms with van der Waals surface area (Å²) in [6.07, 6.45) is 0. The molecule has 1 aliphatic rings. The summed E-state index contributed by atoms with van der Waals surface area (Å²) in [4.78, 5) is 22.7. The predicted octanol–water partition coefficient (Wildman–Crippen LogP) is 0.568. The quantitative estimate of drug-likeness (QED) is 0.422. The SMILES string of the molecule is CNCC#Cc1cccc2c1C(=O)OC2=O. The van der Waals surface area contributed by atoms with Gasteiger partial charge in [0.1, 0.15) is 0 Å². The molecule has 0 saturated carbocycles. The summed E-state index contributed by atoms with van der Waals surface area (Å²) in [6, 6.07) is 4.94. The maximum absolute atomic E-state index is 11.4. The average molecular weight is 215 g/mol. The van der Waals surface area contributed by atoms with Crippen LogP contribution in [-0.2, 0) is 4.74 Å². The Balaban J connectivity index is 2.47. The highest BCUT2D eigenvalue weighted by Crippen LogP contribution is 2.22. The number of fused-ring (bicyclic) bond motifs is 1. The van der Waals surface area contributed by atoms with Crippen LogP contribution in [0.25, 0.3) is 0 Å². The molecular weight excluding hydrogens is 206 g/mol. The molecule has 1 aliphatic heterocycles. The van der Waals surface area contributed by atoms with E-state index in [1.54, 1.807) is 25.2 Å². The van der Waals surface area contributed by atoms with Gasteiger partial charge >= 0.3 is 11.9 Å². The Morgan fingerprint density at radius 3 is 2.88 bits per heavy atom. The van der Waals surface area contributed by atoms with Crippen molar-refractivity contribution in [3.05, 3.63) is 34.9 Å². The second-order valence-electron chi connectivity index (χ2n) is 3.24. The lowest BCUT2D eigenvalue weighted by Crippen LogP contribution is -2.04. The van der Waals surface area contributed by atoms with Crippen LogP contribution in [0.15, 0.2) is 18.2 Å². The molecule has 1 N–H and O–H groups in total. The highest BCUT2D eigenvalue weighted by molar-refractivity contribution is 6.15. The van der Waals surface area contributed by atoms with E-state index in [-0.39, 0.29) is 5.56 Å². The zero-order chi connectivity index (χ0) is 11.5. The van der Waals surface area contributed by atoms with Crippen LogP contribution in [0.4, 0.5) is 0 Å². The number of carbonyl (C=O) groups excluding carboxylic acids is 2. The summed E-state index contributed by atoms with van der Waals surface area (Å²) in [5, 5.41) is 2.87. The van der Waals surface area contributed by atoms with E-state index in [9.17, 15) is 9.59 Å². The molecule has 0 amide bonds. The number of rotatable bonds is 1. The Morgan fingerprint density at radius 1 is 1.31 bits per heavy atom. The minimum Gasteiger partial charge on any atom is -0.386 e. The van der Waals surface area contributed by atoms with E-state index in [0.29, 0.717) is 17.7 Å². The molecule has 0 bridgehead atoms. The Labute approximate surface area is 92.6 Å². The first-order chi connectivity index (χ1) is 7.74. The molecule has 0 spiro atoms. The molecule has 4 nitrogen and oxygen atoms in total. The molecule has 1 aromatic rings. The van der Waals surface area contributed by atoms with Crippen LogP contribution in [-0.4, -0.2) is 25.5 Å². The molecule has 0 saturated heterocycles. The van der Waals surface area contributed by atoms with Crippen molar-refractivity contribution in [3.8, 4) is 11.8 Å². The van der Waals surface area contributed by atoms with E-state index in [0.717, 1.165) is 0 Å². The maximum atomic E-state index is 11.4. The number of ether oxygens (including phenoxy) is 1. The first-order valence-electron chi connectivity index (χ1n) is 4.77. The van der Waals surface area contributed by atoms with Gasteiger partial charge < -0.3 is 10.1 Å². The molecule has 2 rings (SSSR count). The smallest absolute Gasteiger partial charge is 0.348 e. The Morgan fingerprint density at radius 2 is 2.12 bits per heavy atom. The van der Waals surface area contributed by atoms with Crippen LogP contribution in [0.3, 0.4) is 0 Å². The predicted molar refractivity (Wildman–Crippen MR) is 57.0 cm³/mol. The summed E-state index contributed by atoms with van der Waals surface area (Å²) in [5.74, 6) is 4.45. The number of esters is 2. The van der Waals surface area contributed by atoms with Crippen molar-refractivity contribution < 1.29 is 14.3 Å². The summed E-state index contributed by atoms with van der Waals surface area (Å²) in [6.45, 7) is 0.520. The van der Waals surface area contributed by atoms with E-state index in [2.05, 4.69) is 21.9 Å². The zero-order valence-corrected chi connectivity index (χ0v) is 8.66. The summed E-state index contributed by atoms with van der Waals surface area (Å²) < 4.78 is 4.52. The lowest BCUT2D eigenvalue weighted by molar-refractivity contribution is 0.0444. The fraction of sp³-hybridized carbons (Fsp3) is 0.167. The minimum atomic E-state index is -0.616. The van der Waals surface area contributed by atoms with Gasteiger partial charge in [-0.3, -0.25) is 0 Å². The highest BCUT2D eigenvalue weighted by Gasteiger charge is 2.31. The van der Waals surface area contributed by atoms with Gasteiger partial charge in [0.25, 0.3) is 0 Å². The van der Waals surface area contributed by atoms with Gasteiger partial charge in [0.2, 0.25) is 0 Å². The molecule has 80 valence electrons. The first-order valence-corrected chi connectivity index (χ1v) is 4.77. The number of hydrogen-bond donors (Lipinski definition) is 1. The van der Waals surface area contributed by atoms with Crippen LogP contribution in [0.5, 0.6) is 0 Å². The number of benzene rings is 1. The number of hydrogen-bond acceptors (Lipinski definition) is 4. The van der Waals surface area contributed by atoms with E-state index in [1.807, 2.05) is 0 Å². The molecule has 16 heavy (non-hydrogen) atoms. The van der Waals surface area contributed by atoms with Gasteiger partial charge in [-0.25, -0.2) is 9.59 Å². The molecule has 0 unspecified atom stereocenters. The van der Waals surface area contributed by atoms with Crippen molar-refractivity contribution in [1.82, 2.24) is 5.32 Å². The third kappa shape index (κ3) is 1.69. The lowest BCUT2D eigenvalue weighted by Gasteiger charge is -1.95. The average Bonchev–Trinajstić information content (AvgIpc) is 2.56. The number of nitrogens with one attached hydrogen (secondary N) is 1. The summed E-state index contributed by atoms with van der Waals surface area (Å²) in [7, 11) is 1.78. The summed E-state index contributed by atoms with van der Waals surface area (Å²) >= 11 is 0. The van der Waals surface area contributed by atoms with Crippen molar-refractivity contribution in [2.45, 2.75) is 0 Å². The van der Waals surface area contributed by atoms with Crippen LogP contribution in [0.2, 0.25) is 0 Å². The molecular formula is C12H9NO3. The van der Waals surface area contributed by atoms with Crippen LogP contribution < -0.4 is 5.32 Å². The standard InChI is InChI=1S/C12H9NO3/c1-13-7-3-5-8-4-2-6-9-10(8)12(15)16-11(9)14/h2,4,6,13H,7H2,1H3. The zero-order valence-electron chi connectivity index (χ0n) is 8.66. The van der Waals surface area contributed by atoms with Gasteiger partial charge in [0, 0.05) is 5.56 Å². The van der Waals surface area contributed by atoms with Crippen LogP contribution in [0, 0.1) is 11.8 Å². The number of cyclic esters (lactones) is 2. The number of carbonyl (C=O) groups is 2. The Bertz CT molecular complexity index is 523. The van der Waals surface area contributed by atoms with E-state index in [4.69, 9.17) is 0 Å². The molecule has 1 aromatic carbocycles. The second kappa shape index (κ2) is 4.17. The molecule has 0 radical (unpaired) electrons. The minimum absolute atomic E-state index is 0.274. The van der Waals surface area contributed by atoms with E-state index < -0.39 is 11.9 Å². The molecule has 4 heteroatoms. The van der Waals surface area contributed by atoms with Crippen molar-refractivity contribution >= 4 is 11.9 Å². The third-order valence-corrected chi connectivity index (χ3v) is 2.16. The molecule has 0 fully saturated rings. The Kier molecular flexibility index (Phi) is 2.71. The summed E-state index contributed by atoms with van der Waals surface area (Å²) in [5.41, 5.74) is 1.10. The monoisotopic (exact) mass is 215 g/mol. The van der Waals surface area contributed by atoms with Gasteiger partial charge in [-0.1, -0.05) is 17.9 Å². The van der Waals surface area contributed by atoms with Gasteiger partial charge in [0.15, 0.2) is 0 Å². The first kappa shape index (κ1) is 10.4. The lowest BCUT2D eigenvalue weighted by atomic mass is 10.0. The van der Waals surface area contributed by atoms with Gasteiger partial charge in [-0.2, -0.15) is 0 Å². The third-order valence-electron chi connectivity index (χ3n) is 2.16. The van der Waals surface area contributed by atoms with Crippen molar-refractivity contribution in [3.63, 3.8) is 0 Å². The van der Waals surface area contributed by atoms with Crippen molar-refractivity contribution in [1.29, 1.82) is 0 Å². The Hall–Kier alpha value is -2.12. The molecule has 0 aromatic heterocycles. The molecule has 0 aliphatic carbocycles. The van der Waals surface area contributed by atoms with Crippen LogP contribution >= 0.6 is 0 Å². The topological polar surface area (TPSA) is 55.4 Å². The van der Waals surface area contributed by atoms with Gasteiger partial charge in [0.05, 0.1) is 17.7 Å². The highest BCUT2D eigenvalue weighted by atomic mass is 16.6. The second-order valence-corrected chi connectivity index (χ2v) is 3.24. The van der Waals surface area contributed by atoms with Gasteiger partial charge in [-0.05, 0) is 19.2 Å². The fourth-order valence-corrected chi connectivity index (χ4v) is 1.46. The largest absolute Gasteiger partial charge is 0.386 e. The van der Waals surface area contributed by atoms with Crippen molar-refractivity contribution in [2.75, 3.05) is 13.6 Å². The van der Waals surface area contributed by atoms with Crippen LogP contribution in [0.1, 0.15) is 26.3 Å². The normalized spacial score (nSPS) is 12.8. The van der Waals surface area contributed by atoms with Crippen molar-refractivity contribution in [2.24, 2.45) is 0 Å².